The Bertz CT molecular complexity index is 670. The van der Waals surface area contributed by atoms with Crippen molar-refractivity contribution < 1.29 is 0 Å². The molecule has 2 rings (SSSR count). The first-order valence-corrected chi connectivity index (χ1v) is 8.49. The first kappa shape index (κ1) is 20.9. The van der Waals surface area contributed by atoms with Crippen molar-refractivity contribution in [1.29, 1.82) is 0 Å². The van der Waals surface area contributed by atoms with Crippen LogP contribution in [0.1, 0.15) is 23.9 Å². The number of aliphatic imine (C=N–C) groups is 1. The van der Waals surface area contributed by atoms with Crippen LogP contribution in [-0.2, 0) is 19.5 Å². The van der Waals surface area contributed by atoms with Crippen molar-refractivity contribution in [2.75, 3.05) is 13.6 Å². The molecule has 8 heteroatoms. The standard InChI is InChI=1S/C16H23BrN6.HI/c1-4-15-22-21-11-23(15)8-7-19-16(18-3)20-10-13-5-6-14(17)9-12(13)2;/h5-6,9,11H,4,7-8,10H2,1-3H3,(H2,18,19,20);1H. The van der Waals surface area contributed by atoms with Crippen molar-refractivity contribution in [3.63, 3.8) is 0 Å². The number of rotatable bonds is 6. The number of benzene rings is 1. The van der Waals surface area contributed by atoms with Crippen molar-refractivity contribution in [2.45, 2.75) is 33.4 Å². The number of nitrogens with one attached hydrogen (secondary N) is 2. The van der Waals surface area contributed by atoms with Crippen molar-refractivity contribution in [2.24, 2.45) is 4.99 Å². The second-order valence-corrected chi connectivity index (χ2v) is 6.13. The van der Waals surface area contributed by atoms with Gasteiger partial charge in [0, 0.05) is 37.6 Å². The van der Waals surface area contributed by atoms with E-state index in [2.05, 4.69) is 78.4 Å². The minimum Gasteiger partial charge on any atom is -0.355 e. The molecule has 0 aliphatic rings. The highest BCUT2D eigenvalue weighted by Gasteiger charge is 2.03. The van der Waals surface area contributed by atoms with Gasteiger partial charge in [-0.25, -0.2) is 0 Å². The second kappa shape index (κ2) is 10.7. The molecule has 0 atom stereocenters. The molecule has 0 amide bonds. The Morgan fingerprint density at radius 3 is 2.79 bits per heavy atom. The van der Waals surface area contributed by atoms with Gasteiger partial charge in [0.05, 0.1) is 0 Å². The lowest BCUT2D eigenvalue weighted by Gasteiger charge is -2.14. The smallest absolute Gasteiger partial charge is 0.191 e. The van der Waals surface area contributed by atoms with Crippen LogP contribution < -0.4 is 10.6 Å². The van der Waals surface area contributed by atoms with Crippen molar-refractivity contribution in [3.8, 4) is 0 Å². The normalized spacial score (nSPS) is 11.1. The number of hydrogen-bond acceptors (Lipinski definition) is 3. The average Bonchev–Trinajstić information content (AvgIpc) is 2.99. The van der Waals surface area contributed by atoms with Crippen LogP contribution in [0, 0.1) is 6.92 Å². The minimum atomic E-state index is 0. The molecule has 0 saturated heterocycles. The Morgan fingerprint density at radius 2 is 2.12 bits per heavy atom. The lowest BCUT2D eigenvalue weighted by Crippen LogP contribution is -2.38. The molecule has 6 nitrogen and oxygen atoms in total. The maximum Gasteiger partial charge on any atom is 0.191 e. The van der Waals surface area contributed by atoms with Crippen molar-refractivity contribution in [3.05, 3.63) is 46.0 Å². The summed E-state index contributed by atoms with van der Waals surface area (Å²) in [6.45, 7) is 6.51. The van der Waals surface area contributed by atoms with Gasteiger partial charge in [0.25, 0.3) is 0 Å². The minimum absolute atomic E-state index is 0. The Hall–Kier alpha value is -1.16. The van der Waals surface area contributed by atoms with Gasteiger partial charge < -0.3 is 15.2 Å². The third kappa shape index (κ3) is 6.04. The van der Waals surface area contributed by atoms with Crippen LogP contribution in [0.25, 0.3) is 0 Å². The number of aromatic nitrogens is 3. The summed E-state index contributed by atoms with van der Waals surface area (Å²) < 4.78 is 3.15. The first-order chi connectivity index (χ1) is 11.1. The molecule has 2 N–H and O–H groups in total. The van der Waals surface area contributed by atoms with Gasteiger partial charge >= 0.3 is 0 Å². The molecule has 0 aliphatic carbocycles. The number of nitrogens with zero attached hydrogens (tertiary/aromatic N) is 4. The van der Waals surface area contributed by atoms with E-state index in [1.165, 1.54) is 11.1 Å². The maximum atomic E-state index is 4.26. The molecule has 0 aliphatic heterocycles. The lowest BCUT2D eigenvalue weighted by atomic mass is 10.1. The summed E-state index contributed by atoms with van der Waals surface area (Å²) >= 11 is 3.49. The Balaban J connectivity index is 0.00000288. The maximum absolute atomic E-state index is 4.26. The van der Waals surface area contributed by atoms with Gasteiger partial charge in [0.15, 0.2) is 5.96 Å². The average molecular weight is 507 g/mol. The van der Waals surface area contributed by atoms with E-state index in [0.29, 0.717) is 0 Å². The molecule has 1 aromatic heterocycles. The predicted molar refractivity (Wildman–Crippen MR) is 112 cm³/mol. The molecular weight excluding hydrogens is 483 g/mol. The molecule has 132 valence electrons. The van der Waals surface area contributed by atoms with Crippen LogP contribution in [0.3, 0.4) is 0 Å². The Labute approximate surface area is 168 Å². The summed E-state index contributed by atoms with van der Waals surface area (Å²) in [5.74, 6) is 1.79. The van der Waals surface area contributed by atoms with Crippen molar-refractivity contribution >= 4 is 45.9 Å². The summed E-state index contributed by atoms with van der Waals surface area (Å²) in [5.41, 5.74) is 2.50. The van der Waals surface area contributed by atoms with Gasteiger partial charge in [0.2, 0.25) is 0 Å². The topological polar surface area (TPSA) is 67.1 Å². The van der Waals surface area contributed by atoms with Crippen LogP contribution in [0.15, 0.2) is 34.0 Å². The fourth-order valence-electron chi connectivity index (χ4n) is 2.29. The highest BCUT2D eigenvalue weighted by molar-refractivity contribution is 14.0. The van der Waals surface area contributed by atoms with E-state index in [-0.39, 0.29) is 24.0 Å². The van der Waals surface area contributed by atoms with Gasteiger partial charge in [-0.05, 0) is 30.2 Å². The number of aryl methyl sites for hydroxylation is 2. The summed E-state index contributed by atoms with van der Waals surface area (Å²) in [7, 11) is 1.78. The molecule has 0 bridgehead atoms. The molecule has 0 unspecified atom stereocenters. The molecule has 0 fully saturated rings. The number of guanidine groups is 1. The van der Waals surface area contributed by atoms with Gasteiger partial charge in [-0.15, -0.1) is 34.2 Å². The summed E-state index contributed by atoms with van der Waals surface area (Å²) in [5, 5.41) is 14.7. The van der Waals surface area contributed by atoms with E-state index in [1.54, 1.807) is 13.4 Å². The summed E-state index contributed by atoms with van der Waals surface area (Å²) in [6.07, 6.45) is 2.65. The number of halogens is 2. The van der Waals surface area contributed by atoms with Crippen LogP contribution in [0.2, 0.25) is 0 Å². The molecule has 0 saturated carbocycles. The third-order valence-corrected chi connectivity index (χ3v) is 4.12. The fourth-order valence-corrected chi connectivity index (χ4v) is 2.77. The fraction of sp³-hybridized carbons (Fsp3) is 0.438. The van der Waals surface area contributed by atoms with Crippen molar-refractivity contribution in [1.82, 2.24) is 25.4 Å². The van der Waals surface area contributed by atoms with E-state index in [4.69, 9.17) is 0 Å². The SMILES string of the molecule is CCc1nncn1CCNC(=NC)NCc1ccc(Br)cc1C.I. The van der Waals surface area contributed by atoms with Gasteiger partial charge in [-0.3, -0.25) is 4.99 Å². The number of hydrogen-bond donors (Lipinski definition) is 2. The van der Waals surface area contributed by atoms with Gasteiger partial charge in [-0.1, -0.05) is 28.9 Å². The van der Waals surface area contributed by atoms with E-state index in [9.17, 15) is 0 Å². The van der Waals surface area contributed by atoms with Crippen LogP contribution >= 0.6 is 39.9 Å². The Kier molecular flexibility index (Phi) is 9.27. The van der Waals surface area contributed by atoms with Crippen LogP contribution in [0.4, 0.5) is 0 Å². The molecule has 0 radical (unpaired) electrons. The Morgan fingerprint density at radius 1 is 1.33 bits per heavy atom. The monoisotopic (exact) mass is 506 g/mol. The zero-order valence-corrected chi connectivity index (χ0v) is 18.1. The third-order valence-electron chi connectivity index (χ3n) is 3.63. The molecule has 1 heterocycles. The van der Waals surface area contributed by atoms with E-state index < -0.39 is 0 Å². The predicted octanol–water partition coefficient (Wildman–Crippen LogP) is 2.89. The van der Waals surface area contributed by atoms with E-state index in [0.717, 1.165) is 42.3 Å². The molecule has 0 spiro atoms. The summed E-state index contributed by atoms with van der Waals surface area (Å²) in [6, 6.07) is 6.29. The highest BCUT2D eigenvalue weighted by Crippen LogP contribution is 2.15. The van der Waals surface area contributed by atoms with Gasteiger partial charge in [-0.2, -0.15) is 0 Å². The largest absolute Gasteiger partial charge is 0.355 e. The van der Waals surface area contributed by atoms with Gasteiger partial charge in [0.1, 0.15) is 12.2 Å². The van der Waals surface area contributed by atoms with E-state index in [1.807, 2.05) is 0 Å². The lowest BCUT2D eigenvalue weighted by molar-refractivity contribution is 0.632. The molecular formula is C16H24BrIN6. The first-order valence-electron chi connectivity index (χ1n) is 7.70. The van der Waals surface area contributed by atoms with E-state index >= 15 is 0 Å². The summed E-state index contributed by atoms with van der Waals surface area (Å²) in [4.78, 5) is 4.26. The zero-order chi connectivity index (χ0) is 16.7. The quantitative estimate of drug-likeness (QED) is 0.359. The van der Waals surface area contributed by atoms with Crippen LogP contribution in [-0.4, -0.2) is 34.3 Å². The molecule has 24 heavy (non-hydrogen) atoms. The molecule has 1 aromatic carbocycles. The second-order valence-electron chi connectivity index (χ2n) is 5.22. The van der Waals surface area contributed by atoms with Crippen LogP contribution in [0.5, 0.6) is 0 Å². The molecule has 2 aromatic rings. The zero-order valence-electron chi connectivity index (χ0n) is 14.2. The highest BCUT2D eigenvalue weighted by atomic mass is 127.